The lowest BCUT2D eigenvalue weighted by Gasteiger charge is -2.08. The number of carbonyl (C=O) groups excluding carboxylic acids is 1. The second kappa shape index (κ2) is 6.81. The third kappa shape index (κ3) is 3.89. The highest BCUT2D eigenvalue weighted by Crippen LogP contribution is 2.20. The molecule has 0 aliphatic heterocycles. The van der Waals surface area contributed by atoms with E-state index in [0.29, 0.717) is 18.2 Å². The van der Waals surface area contributed by atoms with E-state index < -0.39 is 0 Å². The highest BCUT2D eigenvalue weighted by atomic mass is 32.1. The van der Waals surface area contributed by atoms with Gasteiger partial charge in [-0.15, -0.1) is 11.3 Å². The number of hydrogen-bond donors (Lipinski definition) is 1. The van der Waals surface area contributed by atoms with Crippen molar-refractivity contribution in [2.24, 2.45) is 0 Å². The summed E-state index contributed by atoms with van der Waals surface area (Å²) in [6, 6.07) is 3.49. The number of nitrogens with one attached hydrogen (secondary N) is 1. The first kappa shape index (κ1) is 14.2. The first-order chi connectivity index (χ1) is 9.69. The Hall–Kier alpha value is -2.21. The SMILES string of the molecule is CCOc1ncccc1NC(=O)C=Cc1csc(C)n1. The van der Waals surface area contributed by atoms with Crippen molar-refractivity contribution in [3.8, 4) is 5.88 Å². The van der Waals surface area contributed by atoms with Crippen LogP contribution in [-0.4, -0.2) is 22.5 Å². The number of anilines is 1. The molecular formula is C14H15N3O2S. The van der Waals surface area contributed by atoms with Gasteiger partial charge in [0, 0.05) is 17.7 Å². The average molecular weight is 289 g/mol. The number of aromatic nitrogens is 2. The molecule has 0 fully saturated rings. The number of hydrogen-bond acceptors (Lipinski definition) is 5. The van der Waals surface area contributed by atoms with E-state index >= 15 is 0 Å². The van der Waals surface area contributed by atoms with Crippen molar-refractivity contribution in [3.63, 3.8) is 0 Å². The van der Waals surface area contributed by atoms with E-state index in [0.717, 1.165) is 10.7 Å². The van der Waals surface area contributed by atoms with Crippen molar-refractivity contribution in [2.75, 3.05) is 11.9 Å². The van der Waals surface area contributed by atoms with Gasteiger partial charge in [-0.3, -0.25) is 4.79 Å². The van der Waals surface area contributed by atoms with Gasteiger partial charge in [0.1, 0.15) is 5.69 Å². The Morgan fingerprint density at radius 3 is 3.10 bits per heavy atom. The van der Waals surface area contributed by atoms with Crippen LogP contribution in [0.25, 0.3) is 6.08 Å². The van der Waals surface area contributed by atoms with Crippen LogP contribution >= 0.6 is 11.3 Å². The van der Waals surface area contributed by atoms with Gasteiger partial charge in [-0.2, -0.15) is 0 Å². The van der Waals surface area contributed by atoms with Crippen LogP contribution in [0.3, 0.4) is 0 Å². The first-order valence-corrected chi connectivity index (χ1v) is 7.06. The minimum absolute atomic E-state index is 0.246. The number of ether oxygens (including phenoxy) is 1. The van der Waals surface area contributed by atoms with Crippen LogP contribution in [0, 0.1) is 6.92 Å². The van der Waals surface area contributed by atoms with E-state index in [9.17, 15) is 4.79 Å². The number of aryl methyl sites for hydroxylation is 1. The molecule has 0 bridgehead atoms. The van der Waals surface area contributed by atoms with Gasteiger partial charge >= 0.3 is 0 Å². The molecule has 2 rings (SSSR count). The molecule has 2 aromatic heterocycles. The molecular weight excluding hydrogens is 274 g/mol. The summed E-state index contributed by atoms with van der Waals surface area (Å²) in [6.45, 7) is 4.28. The molecule has 1 amide bonds. The minimum atomic E-state index is -0.246. The summed E-state index contributed by atoms with van der Waals surface area (Å²) in [7, 11) is 0. The molecule has 0 saturated heterocycles. The van der Waals surface area contributed by atoms with E-state index in [4.69, 9.17) is 4.74 Å². The molecule has 0 atom stereocenters. The molecule has 0 radical (unpaired) electrons. The molecule has 2 heterocycles. The molecule has 0 aliphatic carbocycles. The maximum Gasteiger partial charge on any atom is 0.248 e. The Labute approximate surface area is 121 Å². The highest BCUT2D eigenvalue weighted by Gasteiger charge is 2.06. The van der Waals surface area contributed by atoms with Crippen LogP contribution < -0.4 is 10.1 Å². The summed E-state index contributed by atoms with van der Waals surface area (Å²) in [5.41, 5.74) is 1.33. The molecule has 5 nitrogen and oxygen atoms in total. The van der Waals surface area contributed by atoms with Crippen molar-refractivity contribution in [1.29, 1.82) is 0 Å². The fourth-order valence-electron chi connectivity index (χ4n) is 1.53. The lowest BCUT2D eigenvalue weighted by Crippen LogP contribution is -2.10. The Morgan fingerprint density at radius 2 is 2.40 bits per heavy atom. The zero-order chi connectivity index (χ0) is 14.4. The van der Waals surface area contributed by atoms with Crippen LogP contribution in [0.4, 0.5) is 5.69 Å². The third-order valence-corrected chi connectivity index (χ3v) is 3.14. The monoisotopic (exact) mass is 289 g/mol. The fourth-order valence-corrected chi connectivity index (χ4v) is 2.11. The van der Waals surface area contributed by atoms with Crippen LogP contribution in [-0.2, 0) is 4.79 Å². The summed E-state index contributed by atoms with van der Waals surface area (Å²) in [4.78, 5) is 20.2. The van der Waals surface area contributed by atoms with E-state index in [1.54, 1.807) is 35.7 Å². The number of nitrogens with zero attached hydrogens (tertiary/aromatic N) is 2. The van der Waals surface area contributed by atoms with Crippen molar-refractivity contribution in [1.82, 2.24) is 9.97 Å². The number of amides is 1. The van der Waals surface area contributed by atoms with Gasteiger partial charge in [-0.25, -0.2) is 9.97 Å². The van der Waals surface area contributed by atoms with Crippen molar-refractivity contribution in [3.05, 3.63) is 40.5 Å². The Kier molecular flexibility index (Phi) is 4.84. The zero-order valence-electron chi connectivity index (χ0n) is 11.3. The summed E-state index contributed by atoms with van der Waals surface area (Å²) < 4.78 is 5.34. The molecule has 20 heavy (non-hydrogen) atoms. The number of carbonyl (C=O) groups is 1. The highest BCUT2D eigenvalue weighted by molar-refractivity contribution is 7.09. The van der Waals surface area contributed by atoms with Crippen LogP contribution in [0.5, 0.6) is 5.88 Å². The van der Waals surface area contributed by atoms with E-state index in [1.807, 2.05) is 19.2 Å². The number of pyridine rings is 1. The maximum atomic E-state index is 11.8. The molecule has 1 N–H and O–H groups in total. The van der Waals surface area contributed by atoms with Gasteiger partial charge in [-0.05, 0) is 32.1 Å². The van der Waals surface area contributed by atoms with Crippen molar-refractivity contribution < 1.29 is 9.53 Å². The number of thiazole rings is 1. The molecule has 2 aromatic rings. The molecule has 0 aliphatic rings. The maximum absolute atomic E-state index is 11.8. The standard InChI is InChI=1S/C14H15N3O2S/c1-3-19-14-12(5-4-8-15-14)17-13(18)7-6-11-9-20-10(2)16-11/h4-9H,3H2,1-2H3,(H,17,18). The Morgan fingerprint density at radius 1 is 1.55 bits per heavy atom. The molecule has 0 unspecified atom stereocenters. The smallest absolute Gasteiger partial charge is 0.248 e. The van der Waals surface area contributed by atoms with Gasteiger partial charge in [0.15, 0.2) is 0 Å². The predicted octanol–water partition coefficient (Wildman–Crippen LogP) is 2.90. The summed E-state index contributed by atoms with van der Waals surface area (Å²) in [6.07, 6.45) is 4.74. The van der Waals surface area contributed by atoms with Gasteiger partial charge < -0.3 is 10.1 Å². The fraction of sp³-hybridized carbons (Fsp3) is 0.214. The second-order valence-electron chi connectivity index (χ2n) is 3.90. The summed E-state index contributed by atoms with van der Waals surface area (Å²) >= 11 is 1.55. The van der Waals surface area contributed by atoms with E-state index in [2.05, 4.69) is 15.3 Å². The van der Waals surface area contributed by atoms with Gasteiger partial charge in [0.05, 0.1) is 17.3 Å². The Bertz CT molecular complexity index is 622. The van der Waals surface area contributed by atoms with Crippen LogP contribution in [0.2, 0.25) is 0 Å². The lowest BCUT2D eigenvalue weighted by atomic mass is 10.3. The van der Waals surface area contributed by atoms with E-state index in [-0.39, 0.29) is 5.91 Å². The van der Waals surface area contributed by atoms with Crippen LogP contribution in [0.15, 0.2) is 29.8 Å². The van der Waals surface area contributed by atoms with Crippen molar-refractivity contribution in [2.45, 2.75) is 13.8 Å². The van der Waals surface area contributed by atoms with Gasteiger partial charge in [-0.1, -0.05) is 0 Å². The van der Waals surface area contributed by atoms with Crippen LogP contribution in [0.1, 0.15) is 17.6 Å². The van der Waals surface area contributed by atoms with Gasteiger partial charge in [0.2, 0.25) is 11.8 Å². The predicted molar refractivity (Wildman–Crippen MR) is 79.9 cm³/mol. The van der Waals surface area contributed by atoms with Gasteiger partial charge in [0.25, 0.3) is 0 Å². The van der Waals surface area contributed by atoms with E-state index in [1.165, 1.54) is 6.08 Å². The largest absolute Gasteiger partial charge is 0.476 e. The third-order valence-electron chi connectivity index (χ3n) is 2.35. The minimum Gasteiger partial charge on any atom is -0.476 e. The second-order valence-corrected chi connectivity index (χ2v) is 4.97. The Balaban J connectivity index is 2.03. The zero-order valence-corrected chi connectivity index (χ0v) is 12.1. The summed E-state index contributed by atoms with van der Waals surface area (Å²) in [5, 5.41) is 5.60. The lowest BCUT2D eigenvalue weighted by molar-refractivity contribution is -0.111. The molecule has 6 heteroatoms. The normalized spacial score (nSPS) is 10.7. The summed E-state index contributed by atoms with van der Waals surface area (Å²) in [5.74, 6) is 0.172. The first-order valence-electron chi connectivity index (χ1n) is 6.18. The molecule has 104 valence electrons. The average Bonchev–Trinajstić information content (AvgIpc) is 2.85. The molecule has 0 aromatic carbocycles. The molecule has 0 saturated carbocycles. The quantitative estimate of drug-likeness (QED) is 0.860. The molecule has 0 spiro atoms. The topological polar surface area (TPSA) is 64.1 Å². The number of rotatable bonds is 5. The van der Waals surface area contributed by atoms with Crippen molar-refractivity contribution >= 4 is 29.0 Å².